The normalized spacial score (nSPS) is 16.0. The van der Waals surface area contributed by atoms with Crippen LogP contribution in [0.1, 0.15) is 40.0 Å². The molecule has 1 N–H and O–H groups in total. The number of rotatable bonds is 3. The molecule has 0 saturated heterocycles. The Balaban J connectivity index is 1.75. The lowest BCUT2D eigenvalue weighted by Gasteiger charge is -2.11. The van der Waals surface area contributed by atoms with E-state index >= 15 is 0 Å². The molecule has 0 radical (unpaired) electrons. The summed E-state index contributed by atoms with van der Waals surface area (Å²) in [7, 11) is 2.01. The van der Waals surface area contributed by atoms with Gasteiger partial charge >= 0.3 is 0 Å². The van der Waals surface area contributed by atoms with Gasteiger partial charge < -0.3 is 9.73 Å². The Morgan fingerprint density at radius 3 is 2.81 bits per heavy atom. The molecule has 1 aromatic carbocycles. The number of thiophene rings is 1. The average Bonchev–Trinajstić information content (AvgIpc) is 3.11. The van der Waals surface area contributed by atoms with Crippen molar-refractivity contribution in [3.63, 3.8) is 0 Å². The van der Waals surface area contributed by atoms with Gasteiger partial charge in [0, 0.05) is 15.1 Å². The maximum absolute atomic E-state index is 6.05. The largest absolute Gasteiger partial charge is 0.459 e. The van der Waals surface area contributed by atoms with E-state index in [2.05, 4.69) is 29.6 Å². The molecule has 1 unspecified atom stereocenters. The Labute approximate surface area is 128 Å². The third-order valence-electron chi connectivity index (χ3n) is 4.32. The molecule has 0 bridgehead atoms. The van der Waals surface area contributed by atoms with Crippen molar-refractivity contribution in [3.05, 3.63) is 57.5 Å². The monoisotopic (exact) mass is 297 g/mol. The van der Waals surface area contributed by atoms with Crippen LogP contribution in [0.25, 0.3) is 11.0 Å². The fraction of sp³-hybridized carbons (Fsp3) is 0.333. The van der Waals surface area contributed by atoms with Crippen LogP contribution >= 0.6 is 11.3 Å². The molecule has 0 spiro atoms. The van der Waals surface area contributed by atoms with Gasteiger partial charge in [0.25, 0.3) is 0 Å². The molecule has 0 fully saturated rings. The molecule has 2 nitrogen and oxygen atoms in total. The molecule has 2 heterocycles. The van der Waals surface area contributed by atoms with Crippen LogP contribution in [0, 0.1) is 0 Å². The van der Waals surface area contributed by atoms with Crippen LogP contribution in [-0.2, 0) is 12.8 Å². The van der Waals surface area contributed by atoms with Crippen LogP contribution in [-0.4, -0.2) is 7.05 Å². The van der Waals surface area contributed by atoms with E-state index in [1.54, 1.807) is 10.4 Å². The van der Waals surface area contributed by atoms with E-state index in [1.165, 1.54) is 35.9 Å². The molecule has 3 aromatic rings. The second-order valence-electron chi connectivity index (χ2n) is 5.71. The number of benzene rings is 1. The quantitative estimate of drug-likeness (QED) is 0.759. The molecule has 0 saturated carbocycles. The Morgan fingerprint density at radius 2 is 2.00 bits per heavy atom. The number of para-hydroxylation sites is 1. The minimum atomic E-state index is 0.160. The van der Waals surface area contributed by atoms with Crippen LogP contribution in [0.15, 0.2) is 40.8 Å². The van der Waals surface area contributed by atoms with Gasteiger partial charge in [-0.2, -0.15) is 0 Å². The lowest BCUT2D eigenvalue weighted by molar-refractivity contribution is 0.495. The summed E-state index contributed by atoms with van der Waals surface area (Å²) in [6.45, 7) is 0. The first kappa shape index (κ1) is 13.1. The molecule has 4 rings (SSSR count). The summed E-state index contributed by atoms with van der Waals surface area (Å²) in [5.74, 6) is 1.01. The smallest absolute Gasteiger partial charge is 0.134 e. The van der Waals surface area contributed by atoms with Crippen molar-refractivity contribution in [1.29, 1.82) is 0 Å². The first-order chi connectivity index (χ1) is 10.3. The van der Waals surface area contributed by atoms with E-state index in [4.69, 9.17) is 4.42 Å². The van der Waals surface area contributed by atoms with Crippen molar-refractivity contribution in [3.8, 4) is 0 Å². The van der Waals surface area contributed by atoms with Gasteiger partial charge in [-0.05, 0) is 56.5 Å². The van der Waals surface area contributed by atoms with E-state index in [1.807, 2.05) is 30.5 Å². The van der Waals surface area contributed by atoms with Gasteiger partial charge in [0.15, 0.2) is 0 Å². The second-order valence-corrected chi connectivity index (χ2v) is 6.88. The summed E-state index contributed by atoms with van der Waals surface area (Å²) in [5, 5.41) is 4.60. The third kappa shape index (κ3) is 2.30. The Bertz CT molecular complexity index is 714. The van der Waals surface area contributed by atoms with Gasteiger partial charge in [-0.1, -0.05) is 18.2 Å². The first-order valence-corrected chi connectivity index (χ1v) is 8.44. The minimum absolute atomic E-state index is 0.160. The van der Waals surface area contributed by atoms with E-state index in [-0.39, 0.29) is 6.04 Å². The van der Waals surface area contributed by atoms with Crippen molar-refractivity contribution < 1.29 is 4.42 Å². The Hall–Kier alpha value is -1.58. The van der Waals surface area contributed by atoms with Gasteiger partial charge in [-0.15, -0.1) is 11.3 Å². The van der Waals surface area contributed by atoms with E-state index in [0.717, 1.165) is 11.3 Å². The van der Waals surface area contributed by atoms with Crippen LogP contribution in [0.4, 0.5) is 0 Å². The summed E-state index contributed by atoms with van der Waals surface area (Å²) < 4.78 is 6.05. The second kappa shape index (κ2) is 5.32. The first-order valence-electron chi connectivity index (χ1n) is 7.62. The van der Waals surface area contributed by atoms with Gasteiger partial charge in [0.2, 0.25) is 0 Å². The molecule has 0 aliphatic heterocycles. The summed E-state index contributed by atoms with van der Waals surface area (Å²) in [6, 6.07) is 12.9. The maximum Gasteiger partial charge on any atom is 0.134 e. The van der Waals surface area contributed by atoms with Gasteiger partial charge in [-0.25, -0.2) is 0 Å². The Kier molecular flexibility index (Phi) is 3.32. The van der Waals surface area contributed by atoms with Crippen molar-refractivity contribution >= 4 is 22.3 Å². The zero-order chi connectivity index (χ0) is 14.2. The summed E-state index contributed by atoms with van der Waals surface area (Å²) in [5.41, 5.74) is 2.52. The summed E-state index contributed by atoms with van der Waals surface area (Å²) in [6.07, 6.45) is 5.15. The fourth-order valence-corrected chi connectivity index (χ4v) is 4.60. The maximum atomic E-state index is 6.05. The van der Waals surface area contributed by atoms with Crippen molar-refractivity contribution in [1.82, 2.24) is 5.32 Å². The highest BCUT2D eigenvalue weighted by Crippen LogP contribution is 2.36. The zero-order valence-electron chi connectivity index (χ0n) is 12.2. The van der Waals surface area contributed by atoms with Crippen molar-refractivity contribution in [2.45, 2.75) is 31.7 Å². The van der Waals surface area contributed by atoms with Crippen LogP contribution in [0.2, 0.25) is 0 Å². The highest BCUT2D eigenvalue weighted by atomic mass is 32.1. The highest BCUT2D eigenvalue weighted by molar-refractivity contribution is 7.12. The number of aryl methyl sites for hydroxylation is 2. The molecule has 1 aliphatic rings. The molecule has 0 amide bonds. The van der Waals surface area contributed by atoms with E-state index < -0.39 is 0 Å². The standard InChI is InChI=1S/C18H19NOS/c1-19-18(15-10-12-6-2-4-8-14(12)20-15)17-11-13-7-3-5-9-16(13)21-17/h2,4,6,8,10-11,18-19H,3,5,7,9H2,1H3. The molecule has 1 atom stereocenters. The molecule has 1 aliphatic carbocycles. The van der Waals surface area contributed by atoms with E-state index in [9.17, 15) is 0 Å². The van der Waals surface area contributed by atoms with Crippen LogP contribution < -0.4 is 5.32 Å². The molecule has 2 aromatic heterocycles. The molecule has 108 valence electrons. The number of furan rings is 1. The average molecular weight is 297 g/mol. The van der Waals surface area contributed by atoms with Gasteiger partial charge in [0.1, 0.15) is 17.4 Å². The number of fused-ring (bicyclic) bond motifs is 2. The molecular formula is C18H19NOS. The lowest BCUT2D eigenvalue weighted by atomic mass is 9.98. The topological polar surface area (TPSA) is 25.2 Å². The van der Waals surface area contributed by atoms with Crippen molar-refractivity contribution in [2.24, 2.45) is 0 Å². The predicted octanol–water partition coefficient (Wildman–Crippen LogP) is 4.68. The summed E-state index contributed by atoms with van der Waals surface area (Å²) >= 11 is 1.95. The third-order valence-corrected chi connectivity index (χ3v) is 5.62. The fourth-order valence-electron chi connectivity index (χ4n) is 3.23. The summed E-state index contributed by atoms with van der Waals surface area (Å²) in [4.78, 5) is 2.95. The van der Waals surface area contributed by atoms with Crippen LogP contribution in [0.5, 0.6) is 0 Å². The minimum Gasteiger partial charge on any atom is -0.459 e. The lowest BCUT2D eigenvalue weighted by Crippen LogP contribution is -2.15. The molecular weight excluding hydrogens is 278 g/mol. The molecule has 3 heteroatoms. The van der Waals surface area contributed by atoms with Crippen molar-refractivity contribution in [2.75, 3.05) is 7.05 Å². The Morgan fingerprint density at radius 1 is 1.14 bits per heavy atom. The zero-order valence-corrected chi connectivity index (χ0v) is 13.0. The van der Waals surface area contributed by atoms with Crippen LogP contribution in [0.3, 0.4) is 0 Å². The SMILES string of the molecule is CNC(c1cc2ccccc2o1)c1cc2c(s1)CCCC2. The van der Waals surface area contributed by atoms with Gasteiger partial charge in [-0.3, -0.25) is 0 Å². The van der Waals surface area contributed by atoms with Gasteiger partial charge in [0.05, 0.1) is 0 Å². The number of nitrogens with one attached hydrogen (secondary N) is 1. The highest BCUT2D eigenvalue weighted by Gasteiger charge is 2.22. The molecule has 21 heavy (non-hydrogen) atoms. The predicted molar refractivity (Wildman–Crippen MR) is 88.1 cm³/mol. The van der Waals surface area contributed by atoms with E-state index in [0.29, 0.717) is 0 Å². The number of hydrogen-bond donors (Lipinski definition) is 1. The number of hydrogen-bond acceptors (Lipinski definition) is 3.